The molecule has 0 aliphatic carbocycles. The topological polar surface area (TPSA) is 85.7 Å². The van der Waals surface area contributed by atoms with E-state index in [4.69, 9.17) is 0 Å². The van der Waals surface area contributed by atoms with Crippen LogP contribution < -0.4 is 0 Å². The summed E-state index contributed by atoms with van der Waals surface area (Å²) in [5, 5.41) is 3.38. The molecule has 3 aromatic heterocycles. The molecule has 0 spiro atoms. The molecule has 11 heteroatoms. The van der Waals surface area contributed by atoms with Gasteiger partial charge in [0.25, 0.3) is 0 Å². The number of pyridine rings is 1. The number of imidazole rings is 1. The van der Waals surface area contributed by atoms with Crippen LogP contribution in [0.3, 0.4) is 0 Å². The van der Waals surface area contributed by atoms with E-state index >= 15 is 0 Å². The Hall–Kier alpha value is -3.21. The van der Waals surface area contributed by atoms with Crippen LogP contribution >= 0.6 is 0 Å². The van der Waals surface area contributed by atoms with Gasteiger partial charge in [0.1, 0.15) is 5.65 Å². The van der Waals surface area contributed by atoms with E-state index in [1.165, 1.54) is 12.1 Å². The largest absolute Gasteiger partial charge is 0.471 e. The predicted molar refractivity (Wildman–Crippen MR) is 105 cm³/mol. The minimum Gasteiger partial charge on any atom is -0.329 e. The fourth-order valence-corrected chi connectivity index (χ4v) is 4.41. The smallest absolute Gasteiger partial charge is 0.329 e. The molecule has 0 bridgehead atoms. The standard InChI is InChI=1S/C19H16F3N5O2S/c1-12-17(26-30(2,28)11-13-6-4-3-5-7-13)27-9-8-14(10-15(27)23-12)16-24-18(29-25-16)19(20,21)22/h3-10H,11H2,1-2H3. The van der Waals surface area contributed by atoms with Crippen molar-refractivity contribution in [1.82, 2.24) is 19.5 Å². The lowest BCUT2D eigenvalue weighted by Crippen LogP contribution is -2.04. The maximum atomic E-state index is 13.1. The van der Waals surface area contributed by atoms with Crippen LogP contribution in [-0.4, -0.2) is 30.0 Å². The molecule has 0 N–H and O–H groups in total. The lowest BCUT2D eigenvalue weighted by Gasteiger charge is -2.05. The Morgan fingerprint density at radius 1 is 1.17 bits per heavy atom. The van der Waals surface area contributed by atoms with Gasteiger partial charge in [-0.15, -0.1) is 0 Å². The van der Waals surface area contributed by atoms with Crippen LogP contribution in [0.4, 0.5) is 19.0 Å². The fourth-order valence-electron chi connectivity index (χ4n) is 2.95. The first-order chi connectivity index (χ1) is 14.1. The van der Waals surface area contributed by atoms with Crippen molar-refractivity contribution in [2.75, 3.05) is 6.26 Å². The summed E-state index contributed by atoms with van der Waals surface area (Å²) >= 11 is 0. The van der Waals surface area contributed by atoms with E-state index in [0.717, 1.165) is 5.56 Å². The second kappa shape index (κ2) is 7.24. The summed E-state index contributed by atoms with van der Waals surface area (Å²) in [5.41, 5.74) is 2.16. The van der Waals surface area contributed by atoms with E-state index in [2.05, 4.69) is 24.0 Å². The van der Waals surface area contributed by atoms with E-state index in [1.807, 2.05) is 30.3 Å². The molecular weight excluding hydrogens is 419 g/mol. The van der Waals surface area contributed by atoms with E-state index in [9.17, 15) is 17.4 Å². The van der Waals surface area contributed by atoms with Gasteiger partial charge in [-0.25, -0.2) is 9.19 Å². The van der Waals surface area contributed by atoms with E-state index in [0.29, 0.717) is 22.7 Å². The van der Waals surface area contributed by atoms with Gasteiger partial charge in [-0.2, -0.15) is 22.5 Å². The molecular formula is C19H16F3N5O2S. The van der Waals surface area contributed by atoms with Crippen LogP contribution in [0, 0.1) is 6.92 Å². The molecule has 1 unspecified atom stereocenters. The number of hydrogen-bond donors (Lipinski definition) is 0. The van der Waals surface area contributed by atoms with Crippen molar-refractivity contribution in [1.29, 1.82) is 0 Å². The molecule has 4 rings (SSSR count). The fraction of sp³-hybridized carbons (Fsp3) is 0.211. The predicted octanol–water partition coefficient (Wildman–Crippen LogP) is 4.64. The summed E-state index contributed by atoms with van der Waals surface area (Å²) in [4.78, 5) is 7.77. The Labute approximate surface area is 169 Å². The molecule has 1 atom stereocenters. The van der Waals surface area contributed by atoms with Gasteiger partial charge in [0.05, 0.1) is 21.2 Å². The molecule has 156 valence electrons. The highest BCUT2D eigenvalue weighted by atomic mass is 32.2. The Morgan fingerprint density at radius 2 is 1.90 bits per heavy atom. The van der Waals surface area contributed by atoms with Crippen LogP contribution in [0.2, 0.25) is 0 Å². The van der Waals surface area contributed by atoms with Gasteiger partial charge in [-0.05, 0) is 24.6 Å². The lowest BCUT2D eigenvalue weighted by atomic mass is 10.2. The van der Waals surface area contributed by atoms with Gasteiger partial charge in [-0.1, -0.05) is 35.5 Å². The minimum atomic E-state index is -4.72. The normalized spacial score (nSPS) is 14.0. The van der Waals surface area contributed by atoms with Crippen LogP contribution in [0.25, 0.3) is 17.0 Å². The third kappa shape index (κ3) is 4.06. The number of halogens is 3. The molecule has 0 aliphatic rings. The summed E-state index contributed by atoms with van der Waals surface area (Å²) in [6.45, 7) is 1.72. The van der Waals surface area contributed by atoms with Crippen molar-refractivity contribution in [3.63, 3.8) is 0 Å². The number of rotatable bonds is 4. The zero-order valence-corrected chi connectivity index (χ0v) is 16.7. The van der Waals surface area contributed by atoms with Crippen molar-refractivity contribution in [3.05, 3.63) is 65.8 Å². The molecule has 0 fully saturated rings. The Kier molecular flexibility index (Phi) is 4.85. The summed E-state index contributed by atoms with van der Waals surface area (Å²) < 4.78 is 61.5. The number of nitrogens with zero attached hydrogens (tertiary/aromatic N) is 5. The maximum Gasteiger partial charge on any atom is 0.471 e. The van der Waals surface area contributed by atoms with Gasteiger partial charge >= 0.3 is 12.1 Å². The molecule has 0 radical (unpaired) electrons. The van der Waals surface area contributed by atoms with Crippen LogP contribution in [0.5, 0.6) is 0 Å². The van der Waals surface area contributed by atoms with Gasteiger partial charge in [-0.3, -0.25) is 4.40 Å². The summed E-state index contributed by atoms with van der Waals surface area (Å²) in [6, 6.07) is 12.4. The van der Waals surface area contributed by atoms with Crippen molar-refractivity contribution in [2.45, 2.75) is 18.9 Å². The Balaban J connectivity index is 1.72. The second-order valence-electron chi connectivity index (χ2n) is 6.77. The van der Waals surface area contributed by atoms with Crippen LogP contribution in [-0.2, 0) is 21.7 Å². The molecule has 0 amide bonds. The number of aromatic nitrogens is 4. The van der Waals surface area contributed by atoms with Crippen molar-refractivity contribution < 1.29 is 21.9 Å². The highest BCUT2D eigenvalue weighted by Crippen LogP contribution is 2.30. The molecule has 3 heterocycles. The molecule has 1 aromatic carbocycles. The molecule has 0 aliphatic heterocycles. The monoisotopic (exact) mass is 435 g/mol. The van der Waals surface area contributed by atoms with E-state index in [1.54, 1.807) is 23.8 Å². The molecule has 0 saturated heterocycles. The average Bonchev–Trinajstić information content (AvgIpc) is 3.27. The first-order valence-corrected chi connectivity index (χ1v) is 10.9. The Bertz CT molecular complexity index is 1340. The van der Waals surface area contributed by atoms with Crippen LogP contribution in [0.1, 0.15) is 17.1 Å². The highest BCUT2D eigenvalue weighted by molar-refractivity contribution is 7.92. The highest BCUT2D eigenvalue weighted by Gasteiger charge is 2.38. The molecule has 7 nitrogen and oxygen atoms in total. The summed E-state index contributed by atoms with van der Waals surface area (Å²) in [6.07, 6.45) is -1.57. The van der Waals surface area contributed by atoms with E-state index < -0.39 is 21.8 Å². The number of hydrogen-bond acceptors (Lipinski definition) is 6. The van der Waals surface area contributed by atoms with Crippen molar-refractivity contribution in [2.24, 2.45) is 4.36 Å². The van der Waals surface area contributed by atoms with Gasteiger partial charge in [0, 0.05) is 18.0 Å². The van der Waals surface area contributed by atoms with Gasteiger partial charge in [0.2, 0.25) is 5.82 Å². The Morgan fingerprint density at radius 3 is 2.57 bits per heavy atom. The molecule has 0 saturated carbocycles. The van der Waals surface area contributed by atoms with Gasteiger partial charge in [0.15, 0.2) is 5.82 Å². The minimum absolute atomic E-state index is 0.202. The van der Waals surface area contributed by atoms with Crippen molar-refractivity contribution in [3.8, 4) is 11.4 Å². The third-order valence-electron chi connectivity index (χ3n) is 4.25. The molecule has 4 aromatic rings. The number of fused-ring (bicyclic) bond motifs is 1. The SMILES string of the molecule is Cc1nc2cc(-c3noc(C(F)(F)F)n3)ccn2c1N=S(C)(=O)Cc1ccccc1. The van der Waals surface area contributed by atoms with Crippen molar-refractivity contribution >= 4 is 21.2 Å². The quantitative estimate of drug-likeness (QED) is 0.466. The molecule has 30 heavy (non-hydrogen) atoms. The number of alkyl halides is 3. The van der Waals surface area contributed by atoms with Gasteiger partial charge < -0.3 is 4.52 Å². The summed E-state index contributed by atoms with van der Waals surface area (Å²) in [7, 11) is -2.60. The first kappa shape index (κ1) is 20.1. The second-order valence-corrected chi connectivity index (χ2v) is 9.16. The first-order valence-electron chi connectivity index (χ1n) is 8.76. The average molecular weight is 435 g/mol. The lowest BCUT2D eigenvalue weighted by molar-refractivity contribution is -0.159. The van der Waals surface area contributed by atoms with Crippen LogP contribution in [0.15, 0.2) is 57.5 Å². The summed E-state index contributed by atoms with van der Waals surface area (Å²) in [5.74, 6) is -0.919. The van der Waals surface area contributed by atoms with E-state index in [-0.39, 0.29) is 11.6 Å². The zero-order valence-electron chi connectivity index (χ0n) is 15.9. The zero-order chi connectivity index (χ0) is 21.5. The number of benzene rings is 1. The number of aryl methyl sites for hydroxylation is 1. The third-order valence-corrected chi connectivity index (χ3v) is 5.68. The maximum absolute atomic E-state index is 13.1.